The molecule has 0 saturated heterocycles. The van der Waals surface area contributed by atoms with Gasteiger partial charge >= 0.3 is 0 Å². The third kappa shape index (κ3) is 3.85. The van der Waals surface area contributed by atoms with Crippen molar-refractivity contribution < 1.29 is 9.90 Å². The Morgan fingerprint density at radius 1 is 1.30 bits per heavy atom. The standard InChI is InChI=1S/C17H21NO2/c1-17(10-2-3-11-17)13-18-16(20)15-8-6-14(7-9-15)5-4-12-19/h6-9,19H,2-3,10-13H2,1H3,(H,18,20). The second-order valence-corrected chi connectivity index (χ2v) is 5.74. The minimum Gasteiger partial charge on any atom is -0.384 e. The van der Waals surface area contributed by atoms with Gasteiger partial charge in [0, 0.05) is 17.7 Å². The van der Waals surface area contributed by atoms with E-state index in [9.17, 15) is 4.79 Å². The normalized spacial score (nSPS) is 16.3. The minimum absolute atomic E-state index is 0.0280. The summed E-state index contributed by atoms with van der Waals surface area (Å²) in [7, 11) is 0. The topological polar surface area (TPSA) is 49.3 Å². The third-order valence-electron chi connectivity index (χ3n) is 3.95. The zero-order valence-electron chi connectivity index (χ0n) is 11.9. The van der Waals surface area contributed by atoms with Crippen molar-refractivity contribution in [2.24, 2.45) is 5.41 Å². The predicted octanol–water partition coefficient (Wildman–Crippen LogP) is 2.34. The van der Waals surface area contributed by atoms with E-state index in [4.69, 9.17) is 5.11 Å². The van der Waals surface area contributed by atoms with Crippen molar-refractivity contribution in [1.29, 1.82) is 0 Å². The molecular formula is C17H21NO2. The molecule has 0 aromatic heterocycles. The maximum absolute atomic E-state index is 12.1. The largest absolute Gasteiger partial charge is 0.384 e. The van der Waals surface area contributed by atoms with E-state index in [0.29, 0.717) is 5.56 Å². The second kappa shape index (κ2) is 6.58. The van der Waals surface area contributed by atoms with Gasteiger partial charge in [0.2, 0.25) is 0 Å². The summed E-state index contributed by atoms with van der Waals surface area (Å²) in [5.41, 5.74) is 1.72. The van der Waals surface area contributed by atoms with Gasteiger partial charge in [-0.3, -0.25) is 4.79 Å². The van der Waals surface area contributed by atoms with E-state index in [2.05, 4.69) is 24.1 Å². The van der Waals surface area contributed by atoms with E-state index < -0.39 is 0 Å². The summed E-state index contributed by atoms with van der Waals surface area (Å²) in [6.45, 7) is 2.84. The van der Waals surface area contributed by atoms with Crippen molar-refractivity contribution in [3.05, 3.63) is 35.4 Å². The fraction of sp³-hybridized carbons (Fsp3) is 0.471. The number of carbonyl (C=O) groups is 1. The first-order valence-corrected chi connectivity index (χ1v) is 7.11. The number of aliphatic hydroxyl groups is 1. The SMILES string of the molecule is CC1(CNC(=O)c2ccc(C#CCO)cc2)CCCC1. The van der Waals surface area contributed by atoms with Gasteiger partial charge < -0.3 is 10.4 Å². The van der Waals surface area contributed by atoms with E-state index in [-0.39, 0.29) is 17.9 Å². The molecule has 0 spiro atoms. The van der Waals surface area contributed by atoms with Gasteiger partial charge in [-0.2, -0.15) is 0 Å². The molecule has 0 unspecified atom stereocenters. The van der Waals surface area contributed by atoms with Crippen LogP contribution in [0.5, 0.6) is 0 Å². The Bertz CT molecular complexity index is 516. The molecule has 3 nitrogen and oxygen atoms in total. The maximum Gasteiger partial charge on any atom is 0.251 e. The van der Waals surface area contributed by atoms with Crippen LogP contribution in [0.2, 0.25) is 0 Å². The van der Waals surface area contributed by atoms with E-state index in [1.54, 1.807) is 24.3 Å². The molecule has 0 atom stereocenters. The first-order valence-electron chi connectivity index (χ1n) is 7.11. The molecule has 1 aromatic rings. The summed E-state index contributed by atoms with van der Waals surface area (Å²) in [5, 5.41) is 11.7. The van der Waals surface area contributed by atoms with Crippen molar-refractivity contribution in [2.45, 2.75) is 32.6 Å². The minimum atomic E-state index is -0.152. The number of benzene rings is 1. The molecule has 20 heavy (non-hydrogen) atoms. The lowest BCUT2D eigenvalue weighted by Gasteiger charge is -2.23. The van der Waals surface area contributed by atoms with Crippen LogP contribution in [0.25, 0.3) is 0 Å². The van der Waals surface area contributed by atoms with E-state index >= 15 is 0 Å². The van der Waals surface area contributed by atoms with Gasteiger partial charge in [0.1, 0.15) is 6.61 Å². The van der Waals surface area contributed by atoms with Crippen LogP contribution in [0, 0.1) is 17.3 Å². The monoisotopic (exact) mass is 271 g/mol. The molecule has 1 saturated carbocycles. The van der Waals surface area contributed by atoms with Crippen LogP contribution in [-0.4, -0.2) is 24.2 Å². The van der Waals surface area contributed by atoms with Crippen molar-refractivity contribution in [2.75, 3.05) is 13.2 Å². The molecule has 2 N–H and O–H groups in total. The number of nitrogens with one attached hydrogen (secondary N) is 1. The van der Waals surface area contributed by atoms with Gasteiger partial charge in [0.25, 0.3) is 5.91 Å². The predicted molar refractivity (Wildman–Crippen MR) is 79.3 cm³/mol. The molecule has 1 fully saturated rings. The van der Waals surface area contributed by atoms with Crippen molar-refractivity contribution in [3.8, 4) is 11.8 Å². The average Bonchev–Trinajstić information content (AvgIpc) is 2.90. The van der Waals surface area contributed by atoms with Gasteiger partial charge in [-0.1, -0.05) is 31.6 Å². The Morgan fingerprint density at radius 3 is 2.55 bits per heavy atom. The quantitative estimate of drug-likeness (QED) is 0.829. The Balaban J connectivity index is 1.92. The highest BCUT2D eigenvalue weighted by Crippen LogP contribution is 2.36. The number of rotatable bonds is 3. The molecule has 1 aromatic carbocycles. The average molecular weight is 271 g/mol. The van der Waals surface area contributed by atoms with Crippen LogP contribution in [0.3, 0.4) is 0 Å². The molecule has 3 heteroatoms. The fourth-order valence-electron chi connectivity index (χ4n) is 2.65. The van der Waals surface area contributed by atoms with Crippen LogP contribution in [0.4, 0.5) is 0 Å². The Labute approximate surface area is 120 Å². The highest BCUT2D eigenvalue weighted by Gasteiger charge is 2.28. The summed E-state index contributed by atoms with van der Waals surface area (Å²) in [6.07, 6.45) is 4.93. The highest BCUT2D eigenvalue weighted by atomic mass is 16.2. The van der Waals surface area contributed by atoms with Gasteiger partial charge in [0.05, 0.1) is 0 Å². The summed E-state index contributed by atoms with van der Waals surface area (Å²) >= 11 is 0. The molecule has 2 rings (SSSR count). The van der Waals surface area contributed by atoms with E-state index in [1.165, 1.54) is 25.7 Å². The highest BCUT2D eigenvalue weighted by molar-refractivity contribution is 5.94. The van der Waals surface area contributed by atoms with E-state index in [1.807, 2.05) is 0 Å². The van der Waals surface area contributed by atoms with Crippen LogP contribution >= 0.6 is 0 Å². The molecule has 0 radical (unpaired) electrons. The molecule has 106 valence electrons. The lowest BCUT2D eigenvalue weighted by atomic mass is 9.89. The van der Waals surface area contributed by atoms with Crippen LogP contribution in [0.15, 0.2) is 24.3 Å². The Kier molecular flexibility index (Phi) is 4.81. The smallest absolute Gasteiger partial charge is 0.251 e. The summed E-state index contributed by atoms with van der Waals surface area (Å²) in [5.74, 6) is 5.37. The number of hydrogen-bond donors (Lipinski definition) is 2. The zero-order chi connectivity index (χ0) is 14.4. The molecule has 0 aliphatic heterocycles. The number of carbonyl (C=O) groups excluding carboxylic acids is 1. The summed E-state index contributed by atoms with van der Waals surface area (Å²) in [4.78, 5) is 12.1. The lowest BCUT2D eigenvalue weighted by Crippen LogP contribution is -2.34. The van der Waals surface area contributed by atoms with Gasteiger partial charge in [-0.05, 0) is 42.5 Å². The van der Waals surface area contributed by atoms with Crippen molar-refractivity contribution in [1.82, 2.24) is 5.32 Å². The van der Waals surface area contributed by atoms with Crippen LogP contribution < -0.4 is 5.32 Å². The van der Waals surface area contributed by atoms with Gasteiger partial charge in [-0.15, -0.1) is 0 Å². The summed E-state index contributed by atoms with van der Waals surface area (Å²) < 4.78 is 0. The number of amides is 1. The Morgan fingerprint density at radius 2 is 1.95 bits per heavy atom. The van der Waals surface area contributed by atoms with Gasteiger partial charge in [-0.25, -0.2) is 0 Å². The van der Waals surface area contributed by atoms with Crippen molar-refractivity contribution in [3.63, 3.8) is 0 Å². The lowest BCUT2D eigenvalue weighted by molar-refractivity contribution is 0.0934. The Hall–Kier alpha value is -1.79. The molecule has 1 aliphatic carbocycles. The van der Waals surface area contributed by atoms with Gasteiger partial charge in [0.15, 0.2) is 0 Å². The molecule has 1 aliphatic rings. The van der Waals surface area contributed by atoms with Crippen LogP contribution in [-0.2, 0) is 0 Å². The van der Waals surface area contributed by atoms with Crippen LogP contribution in [0.1, 0.15) is 48.5 Å². The number of hydrogen-bond acceptors (Lipinski definition) is 2. The molecule has 0 heterocycles. The first kappa shape index (κ1) is 14.6. The third-order valence-corrected chi connectivity index (χ3v) is 3.95. The second-order valence-electron chi connectivity index (χ2n) is 5.74. The van der Waals surface area contributed by atoms with E-state index in [0.717, 1.165) is 12.1 Å². The maximum atomic E-state index is 12.1. The summed E-state index contributed by atoms with van der Waals surface area (Å²) in [6, 6.07) is 7.14. The molecule has 1 amide bonds. The fourth-order valence-corrected chi connectivity index (χ4v) is 2.65. The number of aliphatic hydroxyl groups excluding tert-OH is 1. The zero-order valence-corrected chi connectivity index (χ0v) is 11.9. The van der Waals surface area contributed by atoms with Crippen molar-refractivity contribution >= 4 is 5.91 Å². The first-order chi connectivity index (χ1) is 9.63. The molecular weight excluding hydrogens is 250 g/mol. The molecule has 0 bridgehead atoms.